The second kappa shape index (κ2) is 9.50. The van der Waals surface area contributed by atoms with Crippen molar-refractivity contribution in [1.29, 1.82) is 0 Å². The molecule has 5 nitrogen and oxygen atoms in total. The molecule has 2 aromatic rings. The molecule has 138 valence electrons. The molecule has 0 aliphatic carbocycles. The number of hydrogen-bond acceptors (Lipinski definition) is 4. The van der Waals surface area contributed by atoms with Gasteiger partial charge in [-0.3, -0.25) is 14.5 Å². The van der Waals surface area contributed by atoms with E-state index in [0.29, 0.717) is 5.75 Å². The molecular formula is C20H23BrN2O3. The van der Waals surface area contributed by atoms with Gasteiger partial charge in [0, 0.05) is 10.5 Å². The van der Waals surface area contributed by atoms with Gasteiger partial charge in [0.2, 0.25) is 5.91 Å². The molecule has 0 fully saturated rings. The van der Waals surface area contributed by atoms with Crippen LogP contribution in [0.15, 0.2) is 53.0 Å². The maximum absolute atomic E-state index is 12.0. The fraction of sp³-hybridized carbons (Fsp3) is 0.300. The van der Waals surface area contributed by atoms with Crippen LogP contribution in [0.4, 0.5) is 0 Å². The number of ether oxygens (including phenoxy) is 1. The van der Waals surface area contributed by atoms with Crippen molar-refractivity contribution in [2.24, 2.45) is 0 Å². The molecule has 0 heterocycles. The summed E-state index contributed by atoms with van der Waals surface area (Å²) in [7, 11) is 1.71. The van der Waals surface area contributed by atoms with E-state index in [4.69, 9.17) is 4.74 Å². The molecule has 0 aromatic heterocycles. The quantitative estimate of drug-likeness (QED) is 0.552. The average molecular weight is 419 g/mol. The maximum Gasteiger partial charge on any atom is 0.325 e. The Morgan fingerprint density at radius 1 is 1.00 bits per heavy atom. The van der Waals surface area contributed by atoms with Crippen molar-refractivity contribution in [3.63, 3.8) is 0 Å². The molecule has 0 saturated carbocycles. The summed E-state index contributed by atoms with van der Waals surface area (Å²) in [6.45, 7) is 3.98. The highest BCUT2D eigenvalue weighted by molar-refractivity contribution is 9.10. The van der Waals surface area contributed by atoms with Gasteiger partial charge in [0.1, 0.15) is 5.75 Å². The lowest BCUT2D eigenvalue weighted by molar-refractivity contribution is -0.135. The molecule has 6 heteroatoms. The first-order chi connectivity index (χ1) is 12.3. The van der Waals surface area contributed by atoms with E-state index in [-0.39, 0.29) is 25.0 Å². The number of halogens is 1. The number of benzene rings is 2. The molecule has 0 spiro atoms. The van der Waals surface area contributed by atoms with Crippen LogP contribution in [-0.4, -0.2) is 43.0 Å². The standard InChI is InChI=1S/C20H23BrN2O3/c1-14(2)22-19(24)12-23(3)13-20(25)26-18-10-6-16(7-11-18)15-4-8-17(21)9-5-15/h4-11,14H,12-13H2,1-3H3,(H,22,24). The number of rotatable bonds is 7. The van der Waals surface area contributed by atoms with Gasteiger partial charge in [-0.15, -0.1) is 0 Å². The van der Waals surface area contributed by atoms with Gasteiger partial charge in [-0.2, -0.15) is 0 Å². The summed E-state index contributed by atoms with van der Waals surface area (Å²) in [6, 6.07) is 15.4. The topological polar surface area (TPSA) is 58.6 Å². The Labute approximate surface area is 162 Å². The lowest BCUT2D eigenvalue weighted by Gasteiger charge is -2.16. The number of hydrogen-bond donors (Lipinski definition) is 1. The summed E-state index contributed by atoms with van der Waals surface area (Å²) in [4.78, 5) is 25.3. The van der Waals surface area contributed by atoms with Gasteiger partial charge >= 0.3 is 5.97 Å². The van der Waals surface area contributed by atoms with Crippen molar-refractivity contribution in [3.05, 3.63) is 53.0 Å². The van der Waals surface area contributed by atoms with Crippen molar-refractivity contribution in [2.75, 3.05) is 20.1 Å². The van der Waals surface area contributed by atoms with Crippen molar-refractivity contribution >= 4 is 27.8 Å². The van der Waals surface area contributed by atoms with Crippen LogP contribution in [0, 0.1) is 0 Å². The third-order valence-electron chi connectivity index (χ3n) is 3.53. The Kier molecular flexibility index (Phi) is 7.36. The number of carbonyl (C=O) groups is 2. The number of nitrogens with one attached hydrogen (secondary N) is 1. The Bertz CT molecular complexity index is 743. The van der Waals surface area contributed by atoms with Crippen LogP contribution >= 0.6 is 15.9 Å². The zero-order valence-corrected chi connectivity index (χ0v) is 16.7. The highest BCUT2D eigenvalue weighted by Crippen LogP contribution is 2.24. The summed E-state index contributed by atoms with van der Waals surface area (Å²) in [5, 5.41) is 2.79. The highest BCUT2D eigenvalue weighted by atomic mass is 79.9. The van der Waals surface area contributed by atoms with Crippen LogP contribution in [0.1, 0.15) is 13.8 Å². The Hall–Kier alpha value is -2.18. The molecule has 2 aromatic carbocycles. The van der Waals surface area contributed by atoms with Crippen molar-refractivity contribution in [1.82, 2.24) is 10.2 Å². The van der Waals surface area contributed by atoms with E-state index in [1.807, 2.05) is 50.2 Å². The first-order valence-corrected chi connectivity index (χ1v) is 9.17. The fourth-order valence-corrected chi connectivity index (χ4v) is 2.67. The molecule has 2 rings (SSSR count). The van der Waals surface area contributed by atoms with Gasteiger partial charge in [0.25, 0.3) is 0 Å². The molecule has 0 radical (unpaired) electrons. The van der Waals surface area contributed by atoms with Crippen LogP contribution in [-0.2, 0) is 9.59 Å². The van der Waals surface area contributed by atoms with E-state index in [2.05, 4.69) is 21.2 Å². The van der Waals surface area contributed by atoms with Crippen molar-refractivity contribution < 1.29 is 14.3 Å². The highest BCUT2D eigenvalue weighted by Gasteiger charge is 2.13. The smallest absolute Gasteiger partial charge is 0.325 e. The lowest BCUT2D eigenvalue weighted by Crippen LogP contribution is -2.40. The van der Waals surface area contributed by atoms with Gasteiger partial charge < -0.3 is 10.1 Å². The van der Waals surface area contributed by atoms with E-state index >= 15 is 0 Å². The predicted molar refractivity (Wildman–Crippen MR) is 106 cm³/mol. The minimum atomic E-state index is -0.402. The number of nitrogens with zero attached hydrogens (tertiary/aromatic N) is 1. The average Bonchev–Trinajstić information content (AvgIpc) is 2.55. The molecule has 0 atom stereocenters. The Morgan fingerprint density at radius 2 is 1.54 bits per heavy atom. The van der Waals surface area contributed by atoms with E-state index in [0.717, 1.165) is 15.6 Å². The molecule has 0 aliphatic heterocycles. The molecule has 0 aliphatic rings. The zero-order valence-electron chi connectivity index (χ0n) is 15.2. The summed E-state index contributed by atoms with van der Waals surface area (Å²) < 4.78 is 6.36. The first-order valence-electron chi connectivity index (χ1n) is 8.38. The monoisotopic (exact) mass is 418 g/mol. The number of amides is 1. The van der Waals surface area contributed by atoms with Crippen LogP contribution in [0.5, 0.6) is 5.75 Å². The minimum Gasteiger partial charge on any atom is -0.426 e. The second-order valence-corrected chi connectivity index (χ2v) is 7.32. The van der Waals surface area contributed by atoms with E-state index < -0.39 is 5.97 Å². The van der Waals surface area contributed by atoms with Crippen LogP contribution in [0.3, 0.4) is 0 Å². The van der Waals surface area contributed by atoms with Gasteiger partial charge in [-0.05, 0) is 56.3 Å². The number of likely N-dealkylation sites (N-methyl/N-ethyl adjacent to an activating group) is 1. The summed E-state index contributed by atoms with van der Waals surface area (Å²) >= 11 is 3.42. The van der Waals surface area contributed by atoms with Crippen LogP contribution in [0.25, 0.3) is 11.1 Å². The predicted octanol–water partition coefficient (Wildman–Crippen LogP) is 3.48. The zero-order chi connectivity index (χ0) is 19.1. The minimum absolute atomic E-state index is 0.0416. The summed E-state index contributed by atoms with van der Waals surface area (Å²) in [5.74, 6) is -0.0358. The first kappa shape index (κ1) is 20.1. The number of carbonyl (C=O) groups excluding carboxylic acids is 2. The molecule has 0 unspecified atom stereocenters. The molecule has 26 heavy (non-hydrogen) atoms. The number of esters is 1. The Balaban J connectivity index is 1.87. The van der Waals surface area contributed by atoms with Crippen molar-refractivity contribution in [2.45, 2.75) is 19.9 Å². The third-order valence-corrected chi connectivity index (χ3v) is 4.05. The summed E-state index contributed by atoms with van der Waals surface area (Å²) in [5.41, 5.74) is 2.13. The van der Waals surface area contributed by atoms with Crippen LogP contribution in [0.2, 0.25) is 0 Å². The van der Waals surface area contributed by atoms with E-state index in [1.54, 1.807) is 24.1 Å². The molecular weight excluding hydrogens is 396 g/mol. The Morgan fingerprint density at radius 3 is 2.08 bits per heavy atom. The molecule has 0 saturated heterocycles. The molecule has 1 N–H and O–H groups in total. The normalized spacial score (nSPS) is 10.8. The van der Waals surface area contributed by atoms with Crippen molar-refractivity contribution in [3.8, 4) is 16.9 Å². The van der Waals surface area contributed by atoms with Gasteiger partial charge in [0.15, 0.2) is 0 Å². The van der Waals surface area contributed by atoms with Gasteiger partial charge in [0.05, 0.1) is 13.1 Å². The summed E-state index contributed by atoms with van der Waals surface area (Å²) in [6.07, 6.45) is 0. The largest absolute Gasteiger partial charge is 0.426 e. The second-order valence-electron chi connectivity index (χ2n) is 6.40. The molecule has 0 bridgehead atoms. The lowest BCUT2D eigenvalue weighted by atomic mass is 10.1. The van der Waals surface area contributed by atoms with E-state index in [1.165, 1.54) is 0 Å². The van der Waals surface area contributed by atoms with Gasteiger partial charge in [-0.25, -0.2) is 0 Å². The fourth-order valence-electron chi connectivity index (χ4n) is 2.41. The van der Waals surface area contributed by atoms with Gasteiger partial charge in [-0.1, -0.05) is 40.2 Å². The SMILES string of the molecule is CC(C)NC(=O)CN(C)CC(=O)Oc1ccc(-c2ccc(Br)cc2)cc1. The van der Waals surface area contributed by atoms with E-state index in [9.17, 15) is 9.59 Å². The van der Waals surface area contributed by atoms with Crippen LogP contribution < -0.4 is 10.1 Å². The molecule has 1 amide bonds. The third kappa shape index (κ3) is 6.61. The maximum atomic E-state index is 12.0.